The van der Waals surface area contributed by atoms with E-state index >= 15 is 4.39 Å². The normalized spacial score (nSPS) is 18.9. The van der Waals surface area contributed by atoms with Crippen molar-refractivity contribution in [1.29, 1.82) is 5.26 Å². The van der Waals surface area contributed by atoms with E-state index in [1.54, 1.807) is 11.0 Å². The summed E-state index contributed by atoms with van der Waals surface area (Å²) < 4.78 is 80.0. The van der Waals surface area contributed by atoms with Crippen LogP contribution >= 0.6 is 11.3 Å². The number of rotatable bonds is 5. The van der Waals surface area contributed by atoms with Gasteiger partial charge in [0.1, 0.15) is 34.8 Å². The smallest absolute Gasteiger partial charge is 0.417 e. The summed E-state index contributed by atoms with van der Waals surface area (Å²) in [5, 5.41) is 12.5. The molecule has 2 atom stereocenters. The van der Waals surface area contributed by atoms with Gasteiger partial charge in [-0.3, -0.25) is 4.79 Å². The van der Waals surface area contributed by atoms with Gasteiger partial charge in [-0.25, -0.2) is 8.78 Å². The Bertz CT molecular complexity index is 1720. The van der Waals surface area contributed by atoms with Crippen LogP contribution in [0, 0.1) is 23.0 Å². The Labute approximate surface area is 227 Å². The number of carbonyl (C=O) groups excluding carboxylic acids is 1. The zero-order chi connectivity index (χ0) is 28.3. The molecule has 6 rings (SSSR count). The average molecular weight is 575 g/mol. The summed E-state index contributed by atoms with van der Waals surface area (Å²) in [6.45, 7) is 0.378. The second-order valence-corrected chi connectivity index (χ2v) is 10.7. The van der Waals surface area contributed by atoms with E-state index in [4.69, 9.17) is 10.5 Å². The highest BCUT2D eigenvalue weighted by atomic mass is 32.1. The van der Waals surface area contributed by atoms with Crippen molar-refractivity contribution in [2.24, 2.45) is 0 Å². The number of nitrogens with zero attached hydrogens (tertiary/aromatic N) is 4. The number of nitriles is 1. The molecule has 4 heterocycles. The molecule has 2 aromatic heterocycles. The van der Waals surface area contributed by atoms with Gasteiger partial charge in [-0.15, -0.1) is 11.3 Å². The Kier molecular flexibility index (Phi) is 6.23. The number of nitrogens with one attached hydrogen (secondary N) is 1. The molecule has 0 spiro atoms. The summed E-state index contributed by atoms with van der Waals surface area (Å²) in [4.78, 5) is 21.0. The van der Waals surface area contributed by atoms with Crippen molar-refractivity contribution in [3.05, 3.63) is 41.0 Å². The fourth-order valence-corrected chi connectivity index (χ4v) is 6.52. The van der Waals surface area contributed by atoms with Crippen LogP contribution in [-0.4, -0.2) is 48.0 Å². The summed E-state index contributed by atoms with van der Waals surface area (Å²) in [5.74, 6) is -2.12. The van der Waals surface area contributed by atoms with E-state index in [1.165, 1.54) is 0 Å². The molecule has 2 bridgehead atoms. The molecule has 2 saturated heterocycles. The third kappa shape index (κ3) is 4.16. The Balaban J connectivity index is 1.68. The second-order valence-electron chi connectivity index (χ2n) is 9.61. The number of aromatic nitrogens is 2. The molecule has 2 aliphatic heterocycles. The number of ether oxygens (including phenoxy) is 1. The molecule has 40 heavy (non-hydrogen) atoms. The Morgan fingerprint density at radius 3 is 2.60 bits per heavy atom. The van der Waals surface area contributed by atoms with E-state index < -0.39 is 41.1 Å². The molecule has 14 heteroatoms. The maximum absolute atomic E-state index is 16.5. The van der Waals surface area contributed by atoms with Crippen LogP contribution in [0.4, 0.5) is 32.8 Å². The van der Waals surface area contributed by atoms with Crippen molar-refractivity contribution in [1.82, 2.24) is 15.3 Å². The zero-order valence-electron chi connectivity index (χ0n) is 20.5. The van der Waals surface area contributed by atoms with Gasteiger partial charge in [0.05, 0.1) is 15.8 Å². The van der Waals surface area contributed by atoms with Gasteiger partial charge in [0, 0.05) is 41.5 Å². The van der Waals surface area contributed by atoms with E-state index in [1.807, 2.05) is 0 Å². The predicted molar refractivity (Wildman–Crippen MR) is 138 cm³/mol. The minimum Gasteiger partial charge on any atom is -0.456 e. The van der Waals surface area contributed by atoms with Gasteiger partial charge < -0.3 is 20.7 Å². The number of nitrogens with two attached hydrogens (primary N) is 1. The first-order valence-electron chi connectivity index (χ1n) is 12.2. The van der Waals surface area contributed by atoms with E-state index in [0.717, 1.165) is 31.0 Å². The van der Waals surface area contributed by atoms with Crippen LogP contribution in [0.3, 0.4) is 0 Å². The lowest BCUT2D eigenvalue weighted by Gasteiger charge is -2.34. The van der Waals surface area contributed by atoms with Crippen molar-refractivity contribution in [3.8, 4) is 23.2 Å². The van der Waals surface area contributed by atoms with Crippen molar-refractivity contribution in [2.45, 2.75) is 31.1 Å². The number of thiophene rings is 1. The molecule has 4 aromatic rings. The molecule has 0 radical (unpaired) electrons. The molecule has 3 N–H and O–H groups in total. The highest BCUT2D eigenvalue weighted by Gasteiger charge is 2.39. The first kappa shape index (κ1) is 26.1. The lowest BCUT2D eigenvalue weighted by Crippen LogP contribution is -2.51. The number of nitrogen functional groups attached to an aromatic ring is 1. The number of fused-ring (bicyclic) bond motifs is 4. The van der Waals surface area contributed by atoms with Gasteiger partial charge >= 0.3 is 12.2 Å². The van der Waals surface area contributed by atoms with Crippen molar-refractivity contribution >= 4 is 49.4 Å². The molecule has 8 nitrogen and oxygen atoms in total. The molecule has 0 aliphatic carbocycles. The molecule has 2 aromatic carbocycles. The minimum absolute atomic E-state index is 0.0435. The molecular formula is C26H19F5N6O2S. The van der Waals surface area contributed by atoms with Gasteiger partial charge in [0.25, 0.3) is 0 Å². The number of alkyl halides is 3. The lowest BCUT2D eigenvalue weighted by atomic mass is 9.92. The number of anilines is 2. The van der Waals surface area contributed by atoms with Gasteiger partial charge in [-0.05, 0) is 30.5 Å². The summed E-state index contributed by atoms with van der Waals surface area (Å²) >= 11 is 0.686. The number of piperazine rings is 1. The van der Waals surface area contributed by atoms with Gasteiger partial charge in [0.2, 0.25) is 0 Å². The summed E-state index contributed by atoms with van der Waals surface area (Å²) in [7, 11) is 0. The van der Waals surface area contributed by atoms with E-state index in [-0.39, 0.29) is 55.5 Å². The first-order chi connectivity index (χ1) is 19.1. The number of aldehydes is 1. The van der Waals surface area contributed by atoms with Crippen LogP contribution in [0.2, 0.25) is 0 Å². The minimum atomic E-state index is -5.05. The van der Waals surface area contributed by atoms with Gasteiger partial charge in [0.15, 0.2) is 12.1 Å². The number of hydrogen-bond donors (Lipinski definition) is 2. The van der Waals surface area contributed by atoms with Crippen LogP contribution < -0.4 is 20.7 Å². The Morgan fingerprint density at radius 1 is 1.23 bits per heavy atom. The third-order valence-corrected chi connectivity index (χ3v) is 8.22. The SMILES string of the molecule is N#Cc1c(N)sc2c(F)ccc(-c3c(C(F)(F)F)cc4c(N5CC6CCC(C5)N6)nc(OCC=O)nc4c3F)c12. The van der Waals surface area contributed by atoms with E-state index in [2.05, 4.69) is 15.3 Å². The topological polar surface area (TPSA) is 117 Å². The number of carbonyl (C=O) groups is 1. The van der Waals surface area contributed by atoms with Crippen LogP contribution in [0.5, 0.6) is 6.01 Å². The molecule has 2 fully saturated rings. The van der Waals surface area contributed by atoms with Crippen LogP contribution in [-0.2, 0) is 11.0 Å². The summed E-state index contributed by atoms with van der Waals surface area (Å²) in [5.41, 5.74) is 2.53. The predicted octanol–water partition coefficient (Wildman–Crippen LogP) is 4.78. The second kappa shape index (κ2) is 9.53. The fourth-order valence-electron chi connectivity index (χ4n) is 5.57. The van der Waals surface area contributed by atoms with Gasteiger partial charge in [-0.2, -0.15) is 28.4 Å². The standard InChI is InChI=1S/C26H19F5N6O2S/c27-17-4-3-13(18-15(8-32)23(33)40-22(17)18)19-16(26(29,30)31)7-14-21(20(19)28)35-25(39-6-5-38)36-24(14)37-9-11-1-2-12(10-37)34-11/h3-5,7,11-12,34H,1-2,6,9-10,33H2. The van der Waals surface area contributed by atoms with Crippen LogP contribution in [0.25, 0.3) is 32.1 Å². The number of hydrogen-bond acceptors (Lipinski definition) is 9. The summed E-state index contributed by atoms with van der Waals surface area (Å²) in [6, 6.07) is 4.23. The maximum atomic E-state index is 16.5. The summed E-state index contributed by atoms with van der Waals surface area (Å²) in [6.07, 6.45) is -2.87. The zero-order valence-corrected chi connectivity index (χ0v) is 21.3. The van der Waals surface area contributed by atoms with E-state index in [0.29, 0.717) is 30.7 Å². The van der Waals surface area contributed by atoms with Gasteiger partial charge in [-0.1, -0.05) is 6.07 Å². The largest absolute Gasteiger partial charge is 0.456 e. The quantitative estimate of drug-likeness (QED) is 0.258. The lowest BCUT2D eigenvalue weighted by molar-refractivity contribution is -0.137. The highest BCUT2D eigenvalue weighted by molar-refractivity contribution is 7.23. The third-order valence-electron chi connectivity index (χ3n) is 7.19. The molecule has 2 unspecified atom stereocenters. The van der Waals surface area contributed by atoms with Crippen LogP contribution in [0.1, 0.15) is 24.0 Å². The first-order valence-corrected chi connectivity index (χ1v) is 13.0. The Morgan fingerprint density at radius 2 is 1.95 bits per heavy atom. The molecule has 0 amide bonds. The van der Waals surface area contributed by atoms with Crippen molar-refractivity contribution in [2.75, 3.05) is 30.3 Å². The van der Waals surface area contributed by atoms with Crippen molar-refractivity contribution in [3.63, 3.8) is 0 Å². The average Bonchev–Trinajstić information content (AvgIpc) is 3.44. The Hall–Kier alpha value is -4.09. The highest BCUT2D eigenvalue weighted by Crippen LogP contribution is 2.48. The number of halogens is 5. The number of benzene rings is 2. The fraction of sp³-hybridized carbons (Fsp3) is 0.308. The molecule has 0 saturated carbocycles. The maximum Gasteiger partial charge on any atom is 0.417 e. The van der Waals surface area contributed by atoms with Crippen molar-refractivity contribution < 1.29 is 31.5 Å². The molecular weight excluding hydrogens is 555 g/mol. The monoisotopic (exact) mass is 574 g/mol. The molecule has 206 valence electrons. The van der Waals surface area contributed by atoms with Crippen LogP contribution in [0.15, 0.2) is 18.2 Å². The van der Waals surface area contributed by atoms with E-state index in [9.17, 15) is 27.6 Å². The molecule has 2 aliphatic rings.